The molecule has 4 heteroatoms. The van der Waals surface area contributed by atoms with Crippen molar-refractivity contribution in [3.63, 3.8) is 0 Å². The fourth-order valence-corrected chi connectivity index (χ4v) is 2.39. The molecule has 70 valence electrons. The number of allylic oxidation sites excluding steroid dienone is 2. The fraction of sp³-hybridized carbons (Fsp3) is 0.556. The van der Waals surface area contributed by atoms with Crippen LogP contribution in [0.4, 0.5) is 0 Å². The van der Waals surface area contributed by atoms with Crippen LogP contribution in [0.1, 0.15) is 12.8 Å². The molecule has 13 heavy (non-hydrogen) atoms. The Morgan fingerprint density at radius 2 is 1.92 bits per heavy atom. The van der Waals surface area contributed by atoms with Crippen molar-refractivity contribution >= 4 is 11.9 Å². The third-order valence-corrected chi connectivity index (χ3v) is 3.13. The largest absolute Gasteiger partial charge is 0.480 e. The molecule has 0 aromatic carbocycles. The molecule has 0 aliphatic heterocycles. The average Bonchev–Trinajstić information content (AvgIpc) is 2.73. The smallest absolute Gasteiger partial charge is 0.321 e. The fourth-order valence-electron chi connectivity index (χ4n) is 2.39. The monoisotopic (exact) mass is 182 g/mol. The molecular weight excluding hydrogens is 172 g/mol. The van der Waals surface area contributed by atoms with Crippen molar-refractivity contribution in [1.82, 2.24) is 0 Å². The van der Waals surface area contributed by atoms with E-state index < -0.39 is 17.4 Å². The molecule has 0 aromatic heterocycles. The van der Waals surface area contributed by atoms with Crippen molar-refractivity contribution in [2.24, 2.45) is 17.3 Å². The van der Waals surface area contributed by atoms with E-state index in [0.29, 0.717) is 6.42 Å². The molecule has 2 aliphatic rings. The lowest BCUT2D eigenvalue weighted by Gasteiger charge is -2.04. The molecule has 0 aromatic rings. The van der Waals surface area contributed by atoms with Gasteiger partial charge >= 0.3 is 11.9 Å². The molecule has 0 spiro atoms. The maximum absolute atomic E-state index is 10.9. The zero-order valence-corrected chi connectivity index (χ0v) is 6.93. The number of aliphatic carboxylic acids is 2. The molecule has 2 atom stereocenters. The van der Waals surface area contributed by atoms with Crippen molar-refractivity contribution in [3.8, 4) is 0 Å². The first kappa shape index (κ1) is 8.29. The van der Waals surface area contributed by atoms with Crippen LogP contribution >= 0.6 is 0 Å². The van der Waals surface area contributed by atoms with Crippen LogP contribution in [0, 0.1) is 17.3 Å². The summed E-state index contributed by atoms with van der Waals surface area (Å²) in [6.07, 6.45) is 5.08. The summed E-state index contributed by atoms with van der Waals surface area (Å²) in [6.45, 7) is 0. The highest BCUT2D eigenvalue weighted by Gasteiger charge is 2.74. The van der Waals surface area contributed by atoms with Crippen molar-refractivity contribution in [1.29, 1.82) is 0 Å². The Morgan fingerprint density at radius 3 is 2.31 bits per heavy atom. The van der Waals surface area contributed by atoms with Gasteiger partial charge in [-0.15, -0.1) is 0 Å². The van der Waals surface area contributed by atoms with Gasteiger partial charge in [0.15, 0.2) is 5.41 Å². The molecule has 0 saturated heterocycles. The zero-order valence-electron chi connectivity index (χ0n) is 6.93. The van der Waals surface area contributed by atoms with Crippen LogP contribution in [0.15, 0.2) is 12.2 Å². The predicted octanol–water partition coefficient (Wildman–Crippen LogP) is 0.738. The maximum Gasteiger partial charge on any atom is 0.321 e. The molecule has 2 rings (SSSR count). The minimum atomic E-state index is -1.51. The number of rotatable bonds is 2. The Bertz CT molecular complexity index is 291. The van der Waals surface area contributed by atoms with Gasteiger partial charge in [0, 0.05) is 5.92 Å². The summed E-state index contributed by atoms with van der Waals surface area (Å²) in [4.78, 5) is 21.8. The molecule has 0 heterocycles. The van der Waals surface area contributed by atoms with Gasteiger partial charge < -0.3 is 10.2 Å². The number of carboxylic acid groups (broad SMARTS) is 2. The topological polar surface area (TPSA) is 74.6 Å². The average molecular weight is 182 g/mol. The van der Waals surface area contributed by atoms with Gasteiger partial charge in [-0.25, -0.2) is 0 Å². The van der Waals surface area contributed by atoms with Crippen LogP contribution in [0.2, 0.25) is 0 Å². The maximum atomic E-state index is 10.9. The Labute approximate surface area is 74.9 Å². The highest BCUT2D eigenvalue weighted by atomic mass is 16.4. The van der Waals surface area contributed by atoms with Gasteiger partial charge in [0.1, 0.15) is 0 Å². The summed E-state index contributed by atoms with van der Waals surface area (Å²) in [5.41, 5.74) is -1.51. The van der Waals surface area contributed by atoms with Gasteiger partial charge in [0.2, 0.25) is 0 Å². The molecule has 1 fully saturated rings. The normalized spacial score (nSPS) is 33.5. The van der Waals surface area contributed by atoms with E-state index in [2.05, 4.69) is 0 Å². The summed E-state index contributed by atoms with van der Waals surface area (Å²) in [6, 6.07) is 0. The number of hydrogen-bond acceptors (Lipinski definition) is 2. The second kappa shape index (κ2) is 2.34. The van der Waals surface area contributed by atoms with E-state index in [1.165, 1.54) is 0 Å². The molecule has 0 amide bonds. The van der Waals surface area contributed by atoms with Gasteiger partial charge in [-0.3, -0.25) is 9.59 Å². The van der Waals surface area contributed by atoms with E-state index in [0.717, 1.165) is 6.42 Å². The standard InChI is InChI=1S/C9H10O4/c10-7(11)9(8(12)13)5-3-1-2-4-6(5)9/h1,3,5-6H,2,4H2,(H,10,11)(H,12,13). The minimum Gasteiger partial charge on any atom is -0.480 e. The third kappa shape index (κ3) is 0.802. The Balaban J connectivity index is 2.35. The molecular formula is C9H10O4. The lowest BCUT2D eigenvalue weighted by molar-refractivity contribution is -0.158. The van der Waals surface area contributed by atoms with Crippen LogP contribution in [-0.2, 0) is 9.59 Å². The van der Waals surface area contributed by atoms with Gasteiger partial charge in [-0.05, 0) is 18.8 Å². The van der Waals surface area contributed by atoms with Crippen LogP contribution < -0.4 is 0 Å². The molecule has 0 bridgehead atoms. The van der Waals surface area contributed by atoms with Crippen LogP contribution in [0.5, 0.6) is 0 Å². The first-order valence-corrected chi connectivity index (χ1v) is 4.25. The lowest BCUT2D eigenvalue weighted by atomic mass is 10.0. The molecule has 0 radical (unpaired) electrons. The molecule has 2 N–H and O–H groups in total. The van der Waals surface area contributed by atoms with Crippen molar-refractivity contribution in [2.45, 2.75) is 12.8 Å². The first-order valence-electron chi connectivity index (χ1n) is 4.25. The van der Waals surface area contributed by atoms with Crippen molar-refractivity contribution < 1.29 is 19.8 Å². The zero-order chi connectivity index (χ0) is 9.64. The summed E-state index contributed by atoms with van der Waals surface area (Å²) < 4.78 is 0. The van der Waals surface area contributed by atoms with Gasteiger partial charge in [0.05, 0.1) is 0 Å². The lowest BCUT2D eigenvalue weighted by Crippen LogP contribution is -2.28. The second-order valence-electron chi connectivity index (χ2n) is 3.62. The summed E-state index contributed by atoms with van der Waals surface area (Å²) in [5.74, 6) is -2.85. The van der Waals surface area contributed by atoms with Crippen molar-refractivity contribution in [3.05, 3.63) is 12.2 Å². The quantitative estimate of drug-likeness (QED) is 0.488. The number of hydrogen-bond donors (Lipinski definition) is 2. The SMILES string of the molecule is O=C(O)C1(C(=O)O)C2C=CCCC21. The molecule has 2 unspecified atom stereocenters. The van der Waals surface area contributed by atoms with E-state index in [1.54, 1.807) is 6.08 Å². The van der Waals surface area contributed by atoms with Crippen LogP contribution in [0.3, 0.4) is 0 Å². The van der Waals surface area contributed by atoms with Crippen LogP contribution in [-0.4, -0.2) is 22.2 Å². The Morgan fingerprint density at radius 1 is 1.31 bits per heavy atom. The molecule has 2 aliphatic carbocycles. The Hall–Kier alpha value is -1.32. The van der Waals surface area contributed by atoms with Crippen molar-refractivity contribution in [2.75, 3.05) is 0 Å². The van der Waals surface area contributed by atoms with E-state index in [4.69, 9.17) is 10.2 Å². The number of carbonyl (C=O) groups is 2. The number of carboxylic acids is 2. The van der Waals surface area contributed by atoms with Gasteiger partial charge in [-0.1, -0.05) is 12.2 Å². The van der Waals surface area contributed by atoms with E-state index in [-0.39, 0.29) is 11.8 Å². The van der Waals surface area contributed by atoms with Gasteiger partial charge in [-0.2, -0.15) is 0 Å². The van der Waals surface area contributed by atoms with Gasteiger partial charge in [0.25, 0.3) is 0 Å². The van der Waals surface area contributed by atoms with E-state index in [1.807, 2.05) is 6.08 Å². The number of fused-ring (bicyclic) bond motifs is 1. The van der Waals surface area contributed by atoms with E-state index in [9.17, 15) is 9.59 Å². The predicted molar refractivity (Wildman–Crippen MR) is 43.1 cm³/mol. The first-order chi connectivity index (χ1) is 6.11. The highest BCUT2D eigenvalue weighted by Crippen LogP contribution is 2.63. The second-order valence-corrected chi connectivity index (χ2v) is 3.62. The minimum absolute atomic E-state index is 0.188. The molecule has 1 saturated carbocycles. The molecule has 4 nitrogen and oxygen atoms in total. The van der Waals surface area contributed by atoms with Crippen LogP contribution in [0.25, 0.3) is 0 Å². The Kier molecular flexibility index (Phi) is 1.49. The summed E-state index contributed by atoms with van der Waals surface area (Å²) >= 11 is 0. The summed E-state index contributed by atoms with van der Waals surface area (Å²) in [7, 11) is 0. The third-order valence-electron chi connectivity index (χ3n) is 3.13. The highest BCUT2D eigenvalue weighted by molar-refractivity contribution is 6.03. The van der Waals surface area contributed by atoms with E-state index >= 15 is 0 Å². The summed E-state index contributed by atoms with van der Waals surface area (Å²) in [5, 5.41) is 17.8.